The number of carbonyl (C=O) groups is 1. The lowest BCUT2D eigenvalue weighted by atomic mass is 9.82. The number of nitrogens with one attached hydrogen (secondary N) is 1. The summed E-state index contributed by atoms with van der Waals surface area (Å²) in [6.07, 6.45) is 6.25. The van der Waals surface area contributed by atoms with E-state index in [9.17, 15) is 9.18 Å². The van der Waals surface area contributed by atoms with Gasteiger partial charge in [0.1, 0.15) is 5.82 Å². The number of nitriles is 1. The Morgan fingerprint density at radius 1 is 1.06 bits per heavy atom. The molecule has 2 fully saturated rings. The lowest BCUT2D eigenvalue weighted by Crippen LogP contribution is -2.48. The van der Waals surface area contributed by atoms with Crippen LogP contribution in [-0.4, -0.2) is 16.4 Å². The third-order valence-electron chi connectivity index (χ3n) is 7.93. The number of halogens is 1. The molecule has 1 amide bonds. The second-order valence-corrected chi connectivity index (χ2v) is 10.3. The molecule has 0 unspecified atom stereocenters. The minimum atomic E-state index is -0.308. The first-order chi connectivity index (χ1) is 15.8. The summed E-state index contributed by atoms with van der Waals surface area (Å²) in [7, 11) is 0. The van der Waals surface area contributed by atoms with Gasteiger partial charge in [0.2, 0.25) is 0 Å². The van der Waals surface area contributed by atoms with Crippen molar-refractivity contribution in [3.63, 3.8) is 0 Å². The number of pyridine rings is 1. The smallest absolute Gasteiger partial charge is 0.251 e. The average Bonchev–Trinajstić information content (AvgIpc) is 3.38. The zero-order valence-corrected chi connectivity index (χ0v) is 19.0. The van der Waals surface area contributed by atoms with E-state index in [0.717, 1.165) is 36.6 Å². The molecule has 1 aromatic heterocycles. The van der Waals surface area contributed by atoms with Crippen LogP contribution >= 0.6 is 0 Å². The van der Waals surface area contributed by atoms with Crippen LogP contribution in [0.5, 0.6) is 0 Å². The summed E-state index contributed by atoms with van der Waals surface area (Å²) in [5.41, 5.74) is 2.90. The SMILES string of the molecule is CC(C)(NC(=O)c1ccc(C#N)cc1)[C@H]1C[C@H]2C[C@@H](c3ccnc4ccc(F)cc34)C[C@H]2C1. The van der Waals surface area contributed by atoms with E-state index in [-0.39, 0.29) is 17.3 Å². The first kappa shape index (κ1) is 21.6. The molecule has 1 heterocycles. The van der Waals surface area contributed by atoms with Gasteiger partial charge in [0.15, 0.2) is 0 Å². The Kier molecular flexibility index (Phi) is 5.40. The molecule has 2 aliphatic carbocycles. The summed E-state index contributed by atoms with van der Waals surface area (Å²) < 4.78 is 13.9. The van der Waals surface area contributed by atoms with E-state index in [0.29, 0.717) is 34.8 Å². The lowest BCUT2D eigenvalue weighted by Gasteiger charge is -2.34. The molecule has 2 saturated carbocycles. The van der Waals surface area contributed by atoms with Gasteiger partial charge in [-0.15, -0.1) is 0 Å². The fraction of sp³-hybridized carbons (Fsp3) is 0.393. The Labute approximate surface area is 193 Å². The van der Waals surface area contributed by atoms with Gasteiger partial charge in [0.05, 0.1) is 17.1 Å². The summed E-state index contributed by atoms with van der Waals surface area (Å²) in [5.74, 6) is 1.80. The molecule has 0 bridgehead atoms. The van der Waals surface area contributed by atoms with Gasteiger partial charge in [-0.25, -0.2) is 4.39 Å². The van der Waals surface area contributed by atoms with Gasteiger partial charge in [-0.2, -0.15) is 5.26 Å². The van der Waals surface area contributed by atoms with Gasteiger partial charge in [-0.3, -0.25) is 9.78 Å². The van der Waals surface area contributed by atoms with E-state index in [1.807, 2.05) is 6.20 Å². The minimum absolute atomic E-state index is 0.0929. The predicted molar refractivity (Wildman–Crippen MR) is 126 cm³/mol. The van der Waals surface area contributed by atoms with Crippen LogP contribution in [0.25, 0.3) is 10.9 Å². The molecular formula is C28H28FN3O. The van der Waals surface area contributed by atoms with Crippen LogP contribution in [0.4, 0.5) is 4.39 Å². The monoisotopic (exact) mass is 441 g/mol. The Balaban J connectivity index is 1.26. The summed E-state index contributed by atoms with van der Waals surface area (Å²) in [6.45, 7) is 4.24. The first-order valence-electron chi connectivity index (χ1n) is 11.7. The molecule has 3 aromatic rings. The fourth-order valence-electron chi connectivity index (χ4n) is 6.12. The van der Waals surface area contributed by atoms with Gasteiger partial charge in [0, 0.05) is 22.7 Å². The van der Waals surface area contributed by atoms with Crippen molar-refractivity contribution >= 4 is 16.8 Å². The van der Waals surface area contributed by atoms with E-state index in [1.54, 1.807) is 36.4 Å². The highest BCUT2D eigenvalue weighted by Gasteiger charge is 2.47. The molecular weight excluding hydrogens is 413 g/mol. The largest absolute Gasteiger partial charge is 0.347 e. The Morgan fingerprint density at radius 2 is 1.76 bits per heavy atom. The van der Waals surface area contributed by atoms with Gasteiger partial charge >= 0.3 is 0 Å². The van der Waals surface area contributed by atoms with E-state index < -0.39 is 0 Å². The van der Waals surface area contributed by atoms with E-state index in [1.165, 1.54) is 11.6 Å². The maximum absolute atomic E-state index is 13.9. The molecule has 168 valence electrons. The number of hydrogen-bond acceptors (Lipinski definition) is 3. The summed E-state index contributed by atoms with van der Waals surface area (Å²) in [4.78, 5) is 17.2. The highest BCUT2D eigenvalue weighted by Crippen LogP contribution is 2.55. The standard InChI is InChI=1S/C28H28FN3O/c1-28(2,32-27(33)18-5-3-17(16-30)4-6-18)22-13-19-11-21(12-20(19)14-22)24-9-10-31-26-8-7-23(29)15-25(24)26/h3-10,15,19-22H,11-14H2,1-2H3,(H,32,33)/t19-,20+,21-,22+. The number of benzene rings is 2. The van der Waals surface area contributed by atoms with Crippen molar-refractivity contribution in [2.45, 2.75) is 51.0 Å². The van der Waals surface area contributed by atoms with Crippen LogP contribution in [-0.2, 0) is 0 Å². The maximum Gasteiger partial charge on any atom is 0.251 e. The van der Waals surface area contributed by atoms with Gasteiger partial charge in [-0.05, 0) is 117 Å². The lowest BCUT2D eigenvalue weighted by molar-refractivity contribution is 0.0877. The topological polar surface area (TPSA) is 65.8 Å². The number of carbonyl (C=O) groups excluding carboxylic acids is 1. The second-order valence-electron chi connectivity index (χ2n) is 10.3. The summed E-state index contributed by atoms with van der Waals surface area (Å²) in [6, 6.07) is 15.8. The maximum atomic E-state index is 13.9. The Bertz CT molecular complexity index is 1230. The first-order valence-corrected chi connectivity index (χ1v) is 11.7. The number of nitrogens with zero attached hydrogens (tertiary/aromatic N) is 2. The zero-order valence-electron chi connectivity index (χ0n) is 19.0. The normalized spacial score (nSPS) is 24.4. The molecule has 5 rings (SSSR count). The van der Waals surface area contributed by atoms with Gasteiger partial charge in [0.25, 0.3) is 5.91 Å². The van der Waals surface area contributed by atoms with Crippen LogP contribution in [0.15, 0.2) is 54.7 Å². The Hall–Kier alpha value is -3.26. The third-order valence-corrected chi connectivity index (χ3v) is 7.93. The quantitative estimate of drug-likeness (QED) is 0.542. The van der Waals surface area contributed by atoms with Crippen molar-refractivity contribution < 1.29 is 9.18 Å². The van der Waals surface area contributed by atoms with Crippen molar-refractivity contribution in [2.75, 3.05) is 0 Å². The summed E-state index contributed by atoms with van der Waals surface area (Å²) >= 11 is 0. The highest BCUT2D eigenvalue weighted by atomic mass is 19.1. The van der Waals surface area contributed by atoms with Gasteiger partial charge in [-0.1, -0.05) is 0 Å². The van der Waals surface area contributed by atoms with Crippen molar-refractivity contribution in [3.8, 4) is 6.07 Å². The van der Waals surface area contributed by atoms with E-state index >= 15 is 0 Å². The molecule has 33 heavy (non-hydrogen) atoms. The minimum Gasteiger partial charge on any atom is -0.347 e. The van der Waals surface area contributed by atoms with Crippen LogP contribution in [0.3, 0.4) is 0 Å². The number of aromatic nitrogens is 1. The molecule has 5 heteroatoms. The number of amides is 1. The molecule has 1 N–H and O–H groups in total. The molecule has 2 aliphatic rings. The molecule has 0 aliphatic heterocycles. The van der Waals surface area contributed by atoms with E-state index in [4.69, 9.17) is 5.26 Å². The Morgan fingerprint density at radius 3 is 2.42 bits per heavy atom. The fourth-order valence-corrected chi connectivity index (χ4v) is 6.12. The second kappa shape index (κ2) is 8.26. The number of rotatable bonds is 4. The van der Waals surface area contributed by atoms with Gasteiger partial charge < -0.3 is 5.32 Å². The molecule has 0 spiro atoms. The highest BCUT2D eigenvalue weighted by molar-refractivity contribution is 5.94. The van der Waals surface area contributed by atoms with Crippen LogP contribution < -0.4 is 5.32 Å². The zero-order chi connectivity index (χ0) is 23.2. The van der Waals surface area contributed by atoms with Crippen molar-refractivity contribution in [2.24, 2.45) is 17.8 Å². The van der Waals surface area contributed by atoms with Crippen molar-refractivity contribution in [1.82, 2.24) is 10.3 Å². The molecule has 0 radical (unpaired) electrons. The van der Waals surface area contributed by atoms with Crippen molar-refractivity contribution in [3.05, 3.63) is 77.2 Å². The average molecular weight is 442 g/mol. The van der Waals surface area contributed by atoms with Crippen LogP contribution in [0, 0.1) is 34.9 Å². The number of fused-ring (bicyclic) bond motifs is 2. The van der Waals surface area contributed by atoms with E-state index in [2.05, 4.69) is 36.3 Å². The number of hydrogen-bond donors (Lipinski definition) is 1. The molecule has 2 aromatic carbocycles. The van der Waals surface area contributed by atoms with Crippen LogP contribution in [0.1, 0.15) is 66.9 Å². The molecule has 0 saturated heterocycles. The molecule has 4 nitrogen and oxygen atoms in total. The summed E-state index contributed by atoms with van der Waals surface area (Å²) in [5, 5.41) is 13.1. The predicted octanol–water partition coefficient (Wildman–Crippen LogP) is 5.97. The molecule has 4 atom stereocenters. The third kappa shape index (κ3) is 4.11. The van der Waals surface area contributed by atoms with Crippen molar-refractivity contribution in [1.29, 1.82) is 5.26 Å². The van der Waals surface area contributed by atoms with Crippen LogP contribution in [0.2, 0.25) is 0 Å².